The molecule has 2 heterocycles. The zero-order valence-corrected chi connectivity index (χ0v) is 18.9. The van der Waals surface area contributed by atoms with Crippen LogP contribution in [0, 0.1) is 0 Å². The lowest BCUT2D eigenvalue weighted by Crippen LogP contribution is -2.41. The van der Waals surface area contributed by atoms with Gasteiger partial charge in [0, 0.05) is 11.4 Å². The van der Waals surface area contributed by atoms with Crippen molar-refractivity contribution in [2.75, 3.05) is 36.1 Å². The molecule has 4 rings (SSSR count). The molecule has 0 unspecified atom stereocenters. The molecule has 0 fully saturated rings. The Bertz CT molecular complexity index is 1270. The summed E-state index contributed by atoms with van der Waals surface area (Å²) in [7, 11) is 0. The zero-order chi connectivity index (χ0) is 23.4. The van der Waals surface area contributed by atoms with Crippen molar-refractivity contribution in [3.63, 3.8) is 0 Å². The lowest BCUT2D eigenvalue weighted by atomic mass is 10.2. The Morgan fingerprint density at radius 3 is 2.58 bits per heavy atom. The number of nitrogens with two attached hydrogens (primary N) is 1. The number of anilines is 2. The maximum Gasteiger partial charge on any atom is 0.330 e. The SMILES string of the molecule is CCN(C(=O)CSc1ccc2c(c1)OCCO2)c1c(N)n(Cc2ccccc2)c(=O)[nH]c1=O. The number of benzene rings is 2. The quantitative estimate of drug-likeness (QED) is 0.510. The Balaban J connectivity index is 1.56. The van der Waals surface area contributed by atoms with Crippen molar-refractivity contribution in [3.05, 3.63) is 74.9 Å². The monoisotopic (exact) mass is 468 g/mol. The summed E-state index contributed by atoms with van der Waals surface area (Å²) in [6.07, 6.45) is 0. The van der Waals surface area contributed by atoms with Gasteiger partial charge in [-0.05, 0) is 30.7 Å². The van der Waals surface area contributed by atoms with Crippen LogP contribution in [-0.2, 0) is 11.3 Å². The topological polar surface area (TPSA) is 120 Å². The van der Waals surface area contributed by atoms with E-state index in [-0.39, 0.29) is 36.3 Å². The Morgan fingerprint density at radius 2 is 1.85 bits per heavy atom. The number of aromatic amines is 1. The predicted molar refractivity (Wildman–Crippen MR) is 127 cm³/mol. The van der Waals surface area contributed by atoms with E-state index < -0.39 is 11.2 Å². The van der Waals surface area contributed by atoms with Gasteiger partial charge in [-0.1, -0.05) is 30.3 Å². The minimum atomic E-state index is -0.693. The van der Waals surface area contributed by atoms with Gasteiger partial charge in [0.2, 0.25) is 5.91 Å². The number of rotatable bonds is 7. The average Bonchev–Trinajstić information content (AvgIpc) is 2.83. The van der Waals surface area contributed by atoms with E-state index >= 15 is 0 Å². The van der Waals surface area contributed by atoms with Crippen molar-refractivity contribution in [1.82, 2.24) is 9.55 Å². The van der Waals surface area contributed by atoms with E-state index in [2.05, 4.69) is 4.98 Å². The lowest BCUT2D eigenvalue weighted by Gasteiger charge is -2.23. The summed E-state index contributed by atoms with van der Waals surface area (Å²) in [5.41, 5.74) is 5.74. The first-order valence-corrected chi connectivity index (χ1v) is 11.5. The molecule has 1 aliphatic rings. The van der Waals surface area contributed by atoms with Crippen LogP contribution < -0.4 is 31.4 Å². The maximum absolute atomic E-state index is 13.0. The van der Waals surface area contributed by atoms with Crippen LogP contribution >= 0.6 is 11.8 Å². The standard InChI is InChI=1S/C23H24N4O5S/c1-2-26(19(28)14-33-16-8-9-17-18(12-16)32-11-10-31-17)20-21(24)27(23(30)25-22(20)29)13-15-6-4-3-5-7-15/h3-9,12H,2,10-11,13-14,24H2,1H3,(H,25,29,30). The van der Waals surface area contributed by atoms with Crippen LogP contribution in [0.4, 0.5) is 11.5 Å². The van der Waals surface area contributed by atoms with Crippen LogP contribution in [0.15, 0.2) is 63.0 Å². The average molecular weight is 469 g/mol. The van der Waals surface area contributed by atoms with Gasteiger partial charge in [0.1, 0.15) is 19.0 Å². The van der Waals surface area contributed by atoms with Crippen molar-refractivity contribution in [2.45, 2.75) is 18.4 Å². The molecule has 0 saturated heterocycles. The molecule has 0 spiro atoms. The fourth-order valence-corrected chi connectivity index (χ4v) is 4.36. The fourth-order valence-electron chi connectivity index (χ4n) is 3.56. The highest BCUT2D eigenvalue weighted by Crippen LogP contribution is 2.34. The van der Waals surface area contributed by atoms with E-state index in [1.54, 1.807) is 13.0 Å². The Hall–Kier alpha value is -3.66. The van der Waals surface area contributed by atoms with Crippen LogP contribution in [0.5, 0.6) is 11.5 Å². The van der Waals surface area contributed by atoms with Gasteiger partial charge in [0.15, 0.2) is 17.2 Å². The van der Waals surface area contributed by atoms with Gasteiger partial charge in [-0.15, -0.1) is 11.8 Å². The van der Waals surface area contributed by atoms with E-state index in [0.717, 1.165) is 10.5 Å². The molecule has 0 radical (unpaired) electrons. The van der Waals surface area contributed by atoms with Crippen LogP contribution in [-0.4, -0.2) is 41.0 Å². The first kappa shape index (κ1) is 22.5. The molecule has 2 aromatic carbocycles. The molecule has 0 bridgehead atoms. The molecule has 1 aliphatic heterocycles. The summed E-state index contributed by atoms with van der Waals surface area (Å²) in [5, 5.41) is 0. The second-order valence-corrected chi connectivity index (χ2v) is 8.35. The molecular weight excluding hydrogens is 444 g/mol. The largest absolute Gasteiger partial charge is 0.486 e. The maximum atomic E-state index is 13.0. The van der Waals surface area contributed by atoms with Crippen molar-refractivity contribution < 1.29 is 14.3 Å². The molecule has 0 saturated carbocycles. The van der Waals surface area contributed by atoms with Gasteiger partial charge in [-0.25, -0.2) is 4.79 Å². The molecule has 3 N–H and O–H groups in total. The number of carbonyl (C=O) groups is 1. The molecule has 1 aromatic heterocycles. The van der Waals surface area contributed by atoms with Gasteiger partial charge in [0.25, 0.3) is 5.56 Å². The fraction of sp³-hybridized carbons (Fsp3) is 0.261. The number of nitrogen functional groups attached to an aromatic ring is 1. The molecule has 1 amide bonds. The summed E-state index contributed by atoms with van der Waals surface area (Å²) in [5.74, 6) is 1.03. The molecule has 0 atom stereocenters. The minimum Gasteiger partial charge on any atom is -0.486 e. The van der Waals surface area contributed by atoms with Crippen molar-refractivity contribution in [2.24, 2.45) is 0 Å². The first-order valence-electron chi connectivity index (χ1n) is 10.5. The number of thioether (sulfide) groups is 1. The predicted octanol–water partition coefficient (Wildman–Crippen LogP) is 2.08. The molecule has 10 heteroatoms. The second-order valence-electron chi connectivity index (χ2n) is 7.30. The number of fused-ring (bicyclic) bond motifs is 1. The van der Waals surface area contributed by atoms with E-state index in [4.69, 9.17) is 15.2 Å². The molecular formula is C23H24N4O5S. The van der Waals surface area contributed by atoms with Crippen molar-refractivity contribution in [1.29, 1.82) is 0 Å². The van der Waals surface area contributed by atoms with Gasteiger partial charge in [-0.2, -0.15) is 0 Å². The number of aromatic nitrogens is 2. The third kappa shape index (κ3) is 4.90. The van der Waals surface area contributed by atoms with Crippen LogP contribution in [0.25, 0.3) is 0 Å². The normalized spacial score (nSPS) is 12.4. The van der Waals surface area contributed by atoms with Gasteiger partial charge in [0.05, 0.1) is 12.3 Å². The van der Waals surface area contributed by atoms with Crippen LogP contribution in [0.3, 0.4) is 0 Å². The van der Waals surface area contributed by atoms with E-state index in [0.29, 0.717) is 24.7 Å². The van der Waals surface area contributed by atoms with Crippen LogP contribution in [0.1, 0.15) is 12.5 Å². The summed E-state index contributed by atoms with van der Waals surface area (Å²) < 4.78 is 12.4. The minimum absolute atomic E-state index is 0.0270. The summed E-state index contributed by atoms with van der Waals surface area (Å²) in [6, 6.07) is 14.7. The third-order valence-electron chi connectivity index (χ3n) is 5.16. The molecule has 172 valence electrons. The number of hydrogen-bond donors (Lipinski definition) is 2. The first-order chi connectivity index (χ1) is 16.0. The highest BCUT2D eigenvalue weighted by molar-refractivity contribution is 8.00. The summed E-state index contributed by atoms with van der Waals surface area (Å²) in [4.78, 5) is 42.5. The number of hydrogen-bond acceptors (Lipinski definition) is 7. The number of ether oxygens (including phenoxy) is 2. The van der Waals surface area contributed by atoms with E-state index in [1.807, 2.05) is 42.5 Å². The lowest BCUT2D eigenvalue weighted by molar-refractivity contribution is -0.116. The number of nitrogens with zero attached hydrogens (tertiary/aromatic N) is 2. The van der Waals surface area contributed by atoms with E-state index in [1.165, 1.54) is 21.2 Å². The van der Waals surface area contributed by atoms with Crippen molar-refractivity contribution in [3.8, 4) is 11.5 Å². The number of carbonyl (C=O) groups excluding carboxylic acids is 1. The number of nitrogens with one attached hydrogen (secondary N) is 1. The summed E-state index contributed by atoms with van der Waals surface area (Å²) in [6.45, 7) is 3.12. The smallest absolute Gasteiger partial charge is 0.330 e. The van der Waals surface area contributed by atoms with E-state index in [9.17, 15) is 14.4 Å². The zero-order valence-electron chi connectivity index (χ0n) is 18.1. The molecule has 3 aromatic rings. The van der Waals surface area contributed by atoms with Gasteiger partial charge >= 0.3 is 5.69 Å². The Kier molecular flexibility index (Phi) is 6.74. The highest BCUT2D eigenvalue weighted by atomic mass is 32.2. The van der Waals surface area contributed by atoms with Gasteiger partial charge < -0.3 is 20.1 Å². The third-order valence-corrected chi connectivity index (χ3v) is 6.14. The Labute approximate surface area is 194 Å². The second kappa shape index (κ2) is 9.86. The highest BCUT2D eigenvalue weighted by Gasteiger charge is 2.23. The molecule has 33 heavy (non-hydrogen) atoms. The van der Waals surface area contributed by atoms with Gasteiger partial charge in [-0.3, -0.25) is 19.1 Å². The Morgan fingerprint density at radius 1 is 1.12 bits per heavy atom. The molecule has 9 nitrogen and oxygen atoms in total. The van der Waals surface area contributed by atoms with Crippen LogP contribution in [0.2, 0.25) is 0 Å². The number of H-pyrrole nitrogens is 1. The number of amides is 1. The molecule has 0 aliphatic carbocycles. The summed E-state index contributed by atoms with van der Waals surface area (Å²) >= 11 is 1.31. The van der Waals surface area contributed by atoms with Crippen molar-refractivity contribution >= 4 is 29.2 Å².